The van der Waals surface area contributed by atoms with E-state index in [4.69, 9.17) is 14.2 Å². The van der Waals surface area contributed by atoms with Crippen molar-refractivity contribution in [2.24, 2.45) is 0 Å². The third-order valence-electron chi connectivity index (χ3n) is 3.17. The summed E-state index contributed by atoms with van der Waals surface area (Å²) in [6.07, 6.45) is -2.15. The second-order valence-electron chi connectivity index (χ2n) is 5.20. The Morgan fingerprint density at radius 2 is 2.00 bits per heavy atom. The first-order chi connectivity index (χ1) is 9.25. The van der Waals surface area contributed by atoms with Crippen molar-refractivity contribution in [2.45, 2.75) is 51.0 Å². The standard InChI is InChI=1S/C13H18O7/c1-6(14)18-10-7(12(16)17-4)5-8-11(9(10)15)20-13(2,3)19-8/h5,8-11,15H,1-4H3/t8-,9+,10-,11-/m0/s1. The van der Waals surface area contributed by atoms with Gasteiger partial charge in [0.2, 0.25) is 0 Å². The summed E-state index contributed by atoms with van der Waals surface area (Å²) in [5.74, 6) is -2.18. The highest BCUT2D eigenvalue weighted by molar-refractivity contribution is 5.90. The number of ether oxygens (including phenoxy) is 4. The Balaban J connectivity index is 2.34. The van der Waals surface area contributed by atoms with Gasteiger partial charge in [0.05, 0.1) is 12.7 Å². The number of aliphatic hydroxyl groups excluding tert-OH is 1. The summed E-state index contributed by atoms with van der Waals surface area (Å²) >= 11 is 0. The fourth-order valence-corrected chi connectivity index (χ4v) is 2.45. The summed E-state index contributed by atoms with van der Waals surface area (Å²) in [5.41, 5.74) is 0.0535. The van der Waals surface area contributed by atoms with E-state index in [0.29, 0.717) is 0 Å². The van der Waals surface area contributed by atoms with E-state index in [1.54, 1.807) is 13.8 Å². The Bertz CT molecular complexity index is 454. The number of carbonyl (C=O) groups is 2. The van der Waals surface area contributed by atoms with Crippen molar-refractivity contribution in [1.82, 2.24) is 0 Å². The highest BCUT2D eigenvalue weighted by Gasteiger charge is 2.52. The lowest BCUT2D eigenvalue weighted by molar-refractivity contribution is -0.169. The Morgan fingerprint density at radius 3 is 2.55 bits per heavy atom. The molecule has 4 atom stereocenters. The molecule has 20 heavy (non-hydrogen) atoms. The second-order valence-corrected chi connectivity index (χ2v) is 5.20. The number of carbonyl (C=O) groups excluding carboxylic acids is 2. The predicted octanol–water partition coefficient (Wildman–Crippen LogP) is -0.0879. The molecule has 0 aromatic carbocycles. The molecule has 1 heterocycles. The van der Waals surface area contributed by atoms with Crippen molar-refractivity contribution in [2.75, 3.05) is 7.11 Å². The van der Waals surface area contributed by atoms with Gasteiger partial charge in [0, 0.05) is 6.92 Å². The molecule has 0 amide bonds. The number of hydrogen-bond acceptors (Lipinski definition) is 7. The van der Waals surface area contributed by atoms with Crippen LogP contribution in [0.1, 0.15) is 20.8 Å². The zero-order valence-corrected chi connectivity index (χ0v) is 11.8. The van der Waals surface area contributed by atoms with E-state index in [9.17, 15) is 14.7 Å². The molecule has 7 heteroatoms. The van der Waals surface area contributed by atoms with E-state index in [-0.39, 0.29) is 5.57 Å². The van der Waals surface area contributed by atoms with Gasteiger partial charge in [-0.2, -0.15) is 0 Å². The first-order valence-electron chi connectivity index (χ1n) is 6.26. The average molecular weight is 286 g/mol. The molecule has 0 spiro atoms. The van der Waals surface area contributed by atoms with E-state index < -0.39 is 42.1 Å². The van der Waals surface area contributed by atoms with Gasteiger partial charge in [0.1, 0.15) is 18.3 Å². The maximum atomic E-state index is 11.8. The number of rotatable bonds is 2. The first kappa shape index (κ1) is 15.0. The largest absolute Gasteiger partial charge is 0.466 e. The number of hydrogen-bond donors (Lipinski definition) is 1. The van der Waals surface area contributed by atoms with E-state index in [1.807, 2.05) is 0 Å². The average Bonchev–Trinajstić information content (AvgIpc) is 2.66. The fraction of sp³-hybridized carbons (Fsp3) is 0.692. The minimum Gasteiger partial charge on any atom is -0.466 e. The quantitative estimate of drug-likeness (QED) is 0.709. The van der Waals surface area contributed by atoms with Crippen LogP contribution in [0.5, 0.6) is 0 Å². The molecule has 0 unspecified atom stereocenters. The van der Waals surface area contributed by atoms with E-state index in [2.05, 4.69) is 4.74 Å². The zero-order chi connectivity index (χ0) is 15.1. The topological polar surface area (TPSA) is 91.3 Å². The van der Waals surface area contributed by atoms with Crippen LogP contribution in [0.25, 0.3) is 0 Å². The van der Waals surface area contributed by atoms with Crippen molar-refractivity contribution in [3.63, 3.8) is 0 Å². The summed E-state index contributed by atoms with van der Waals surface area (Å²) in [7, 11) is 1.21. The van der Waals surface area contributed by atoms with Gasteiger partial charge in [0.15, 0.2) is 11.9 Å². The summed E-state index contributed by atoms with van der Waals surface area (Å²) < 4.78 is 20.8. The molecule has 1 aliphatic carbocycles. The van der Waals surface area contributed by atoms with Gasteiger partial charge in [-0.25, -0.2) is 4.79 Å². The molecule has 2 rings (SSSR count). The van der Waals surface area contributed by atoms with Crippen LogP contribution >= 0.6 is 0 Å². The van der Waals surface area contributed by atoms with Crippen molar-refractivity contribution in [3.05, 3.63) is 11.6 Å². The molecule has 112 valence electrons. The third-order valence-corrected chi connectivity index (χ3v) is 3.17. The maximum absolute atomic E-state index is 11.8. The maximum Gasteiger partial charge on any atom is 0.337 e. The lowest BCUT2D eigenvalue weighted by Crippen LogP contribution is -2.50. The van der Waals surface area contributed by atoms with Gasteiger partial charge in [-0.3, -0.25) is 4.79 Å². The predicted molar refractivity (Wildman–Crippen MR) is 65.5 cm³/mol. The highest BCUT2D eigenvalue weighted by Crippen LogP contribution is 2.37. The van der Waals surface area contributed by atoms with Crippen LogP contribution in [-0.2, 0) is 28.5 Å². The normalized spacial score (nSPS) is 35.0. The van der Waals surface area contributed by atoms with Crippen LogP contribution in [0.2, 0.25) is 0 Å². The van der Waals surface area contributed by atoms with E-state index in [0.717, 1.165) is 0 Å². The molecular weight excluding hydrogens is 268 g/mol. The second kappa shape index (κ2) is 5.16. The van der Waals surface area contributed by atoms with Gasteiger partial charge in [-0.1, -0.05) is 0 Å². The Kier molecular flexibility index (Phi) is 3.86. The zero-order valence-electron chi connectivity index (χ0n) is 11.8. The van der Waals surface area contributed by atoms with Crippen LogP contribution in [0.3, 0.4) is 0 Å². The molecule has 2 aliphatic rings. The lowest BCUT2D eigenvalue weighted by Gasteiger charge is -2.33. The van der Waals surface area contributed by atoms with Crippen molar-refractivity contribution in [3.8, 4) is 0 Å². The van der Waals surface area contributed by atoms with Crippen LogP contribution in [0, 0.1) is 0 Å². The van der Waals surface area contributed by atoms with Crippen molar-refractivity contribution < 1.29 is 33.6 Å². The molecule has 0 saturated carbocycles. The first-order valence-corrected chi connectivity index (χ1v) is 6.26. The van der Waals surface area contributed by atoms with Gasteiger partial charge >= 0.3 is 11.9 Å². The minimum absolute atomic E-state index is 0.0535. The fourth-order valence-electron chi connectivity index (χ4n) is 2.45. The molecule has 7 nitrogen and oxygen atoms in total. The Hall–Kier alpha value is -1.44. The molecule has 0 bridgehead atoms. The summed E-state index contributed by atoms with van der Waals surface area (Å²) in [6, 6.07) is 0. The molecular formula is C13H18O7. The molecule has 0 aromatic heterocycles. The summed E-state index contributed by atoms with van der Waals surface area (Å²) in [6.45, 7) is 4.60. The van der Waals surface area contributed by atoms with Crippen LogP contribution in [-0.4, -0.2) is 54.4 Å². The van der Waals surface area contributed by atoms with E-state index in [1.165, 1.54) is 20.1 Å². The van der Waals surface area contributed by atoms with Gasteiger partial charge in [-0.05, 0) is 19.9 Å². The van der Waals surface area contributed by atoms with Gasteiger partial charge in [0.25, 0.3) is 0 Å². The van der Waals surface area contributed by atoms with Crippen molar-refractivity contribution in [1.29, 1.82) is 0 Å². The molecule has 1 N–H and O–H groups in total. The number of methoxy groups -OCH3 is 1. The van der Waals surface area contributed by atoms with E-state index >= 15 is 0 Å². The number of aliphatic hydroxyl groups is 1. The van der Waals surface area contributed by atoms with Gasteiger partial charge in [-0.15, -0.1) is 0 Å². The lowest BCUT2D eigenvalue weighted by atomic mass is 9.89. The van der Waals surface area contributed by atoms with Crippen LogP contribution in [0.15, 0.2) is 11.6 Å². The SMILES string of the molecule is COC(=O)C1=C[C@@H]2OC(C)(C)O[C@@H]2[C@H](O)[C@H]1OC(C)=O. The highest BCUT2D eigenvalue weighted by atomic mass is 16.8. The molecule has 0 radical (unpaired) electrons. The van der Waals surface area contributed by atoms with Crippen LogP contribution < -0.4 is 0 Å². The summed E-state index contributed by atoms with van der Waals surface area (Å²) in [5, 5.41) is 10.3. The molecule has 1 fully saturated rings. The third kappa shape index (κ3) is 2.70. The smallest absolute Gasteiger partial charge is 0.337 e. The molecule has 1 aliphatic heterocycles. The monoisotopic (exact) mass is 286 g/mol. The Labute approximate surface area is 116 Å². The minimum atomic E-state index is -1.20. The van der Waals surface area contributed by atoms with Gasteiger partial charge < -0.3 is 24.1 Å². The number of esters is 2. The number of fused-ring (bicyclic) bond motifs is 1. The molecule has 0 aromatic rings. The van der Waals surface area contributed by atoms with Crippen LogP contribution in [0.4, 0.5) is 0 Å². The van der Waals surface area contributed by atoms with Crippen molar-refractivity contribution >= 4 is 11.9 Å². The summed E-state index contributed by atoms with van der Waals surface area (Å²) in [4.78, 5) is 22.9. The Morgan fingerprint density at radius 1 is 1.35 bits per heavy atom. The molecule has 1 saturated heterocycles.